The maximum Gasteiger partial charge on any atom is 0.251 e. The summed E-state index contributed by atoms with van der Waals surface area (Å²) in [6, 6.07) is 5.56. The molecule has 2 aromatic rings. The minimum Gasteiger partial charge on any atom is -0.352 e. The lowest BCUT2D eigenvalue weighted by atomic mass is 10.1. The normalized spacial score (nSPS) is 11.1. The lowest BCUT2D eigenvalue weighted by Crippen LogP contribution is -2.27. The molecule has 1 amide bonds. The molecule has 0 radical (unpaired) electrons. The van der Waals surface area contributed by atoms with E-state index in [1.165, 1.54) is 0 Å². The van der Waals surface area contributed by atoms with Gasteiger partial charge in [-0.2, -0.15) is 0 Å². The first-order valence-electron chi connectivity index (χ1n) is 5.77. The highest BCUT2D eigenvalue weighted by Crippen LogP contribution is 2.13. The lowest BCUT2D eigenvalue weighted by molar-refractivity contribution is 0.0949. The molecule has 0 atom stereocenters. The molecule has 0 aliphatic rings. The Bertz CT molecular complexity index is 543. The third-order valence-electron chi connectivity index (χ3n) is 2.66. The Hall–Kier alpha value is -1.84. The van der Waals surface area contributed by atoms with Crippen LogP contribution < -0.4 is 5.32 Å². The van der Waals surface area contributed by atoms with Crippen molar-refractivity contribution in [2.75, 3.05) is 6.54 Å². The number of carbonyl (C=O) groups is 1. The quantitative estimate of drug-likeness (QED) is 0.877. The van der Waals surface area contributed by atoms with E-state index in [9.17, 15) is 4.79 Å². The summed E-state index contributed by atoms with van der Waals surface area (Å²) in [6.07, 6.45) is 1.75. The molecule has 0 unspecified atom stereocenters. The highest BCUT2D eigenvalue weighted by atomic mass is 16.1. The van der Waals surface area contributed by atoms with Crippen LogP contribution in [0.1, 0.15) is 24.2 Å². The fourth-order valence-electron chi connectivity index (χ4n) is 1.67. The van der Waals surface area contributed by atoms with Gasteiger partial charge in [-0.15, -0.1) is 0 Å². The molecule has 1 aromatic carbocycles. The van der Waals surface area contributed by atoms with Crippen molar-refractivity contribution in [2.45, 2.75) is 13.8 Å². The first-order valence-corrected chi connectivity index (χ1v) is 5.77. The SMILES string of the molecule is CC(C)CNC(=O)c1ccc2ncn(C)c2c1. The van der Waals surface area contributed by atoms with Gasteiger partial charge in [0.15, 0.2) is 0 Å². The fraction of sp³-hybridized carbons (Fsp3) is 0.385. The van der Waals surface area contributed by atoms with Gasteiger partial charge in [0.1, 0.15) is 0 Å². The van der Waals surface area contributed by atoms with Crippen LogP contribution in [0.15, 0.2) is 24.5 Å². The average molecular weight is 231 g/mol. The summed E-state index contributed by atoms with van der Waals surface area (Å²) in [6.45, 7) is 4.84. The summed E-state index contributed by atoms with van der Waals surface area (Å²) in [5.74, 6) is 0.432. The molecule has 0 bridgehead atoms. The van der Waals surface area contributed by atoms with Gasteiger partial charge in [-0.1, -0.05) is 13.8 Å². The third kappa shape index (κ3) is 2.46. The van der Waals surface area contributed by atoms with Gasteiger partial charge in [-0.3, -0.25) is 4.79 Å². The molecule has 1 heterocycles. The average Bonchev–Trinajstić information content (AvgIpc) is 2.67. The van der Waals surface area contributed by atoms with Crippen LogP contribution in [0.3, 0.4) is 0 Å². The monoisotopic (exact) mass is 231 g/mol. The molecule has 1 aromatic heterocycles. The number of aromatic nitrogens is 2. The molecule has 1 N–H and O–H groups in total. The highest BCUT2D eigenvalue weighted by Gasteiger charge is 2.08. The van der Waals surface area contributed by atoms with Crippen molar-refractivity contribution in [2.24, 2.45) is 13.0 Å². The smallest absolute Gasteiger partial charge is 0.251 e. The molecule has 17 heavy (non-hydrogen) atoms. The second-order valence-corrected chi connectivity index (χ2v) is 4.66. The molecule has 0 aliphatic carbocycles. The summed E-state index contributed by atoms with van der Waals surface area (Å²) in [5.41, 5.74) is 2.57. The van der Waals surface area contributed by atoms with Crippen molar-refractivity contribution in [1.82, 2.24) is 14.9 Å². The lowest BCUT2D eigenvalue weighted by Gasteiger charge is -2.07. The zero-order chi connectivity index (χ0) is 12.4. The van der Waals surface area contributed by atoms with Crippen LogP contribution in [0.5, 0.6) is 0 Å². The third-order valence-corrected chi connectivity index (χ3v) is 2.66. The molecular weight excluding hydrogens is 214 g/mol. The fourth-order valence-corrected chi connectivity index (χ4v) is 1.67. The maximum atomic E-state index is 11.9. The van der Waals surface area contributed by atoms with E-state index in [0.717, 1.165) is 11.0 Å². The van der Waals surface area contributed by atoms with E-state index >= 15 is 0 Å². The molecule has 0 saturated heterocycles. The number of nitrogens with zero attached hydrogens (tertiary/aromatic N) is 2. The topological polar surface area (TPSA) is 46.9 Å². The second kappa shape index (κ2) is 4.57. The van der Waals surface area contributed by atoms with Gasteiger partial charge in [-0.25, -0.2) is 4.98 Å². The van der Waals surface area contributed by atoms with E-state index in [1.807, 2.05) is 29.8 Å². The molecule has 90 valence electrons. The highest BCUT2D eigenvalue weighted by molar-refractivity contribution is 5.97. The first kappa shape index (κ1) is 11.6. The number of aryl methyl sites for hydroxylation is 1. The Morgan fingerprint density at radius 2 is 2.24 bits per heavy atom. The summed E-state index contributed by atoms with van der Waals surface area (Å²) >= 11 is 0. The molecule has 2 rings (SSSR count). The van der Waals surface area contributed by atoms with E-state index in [-0.39, 0.29) is 5.91 Å². The number of benzene rings is 1. The largest absolute Gasteiger partial charge is 0.352 e. The first-order chi connectivity index (χ1) is 8.08. The van der Waals surface area contributed by atoms with Crippen molar-refractivity contribution >= 4 is 16.9 Å². The Morgan fingerprint density at radius 1 is 1.47 bits per heavy atom. The van der Waals surface area contributed by atoms with E-state index < -0.39 is 0 Å². The summed E-state index contributed by atoms with van der Waals surface area (Å²) in [7, 11) is 1.92. The standard InChI is InChI=1S/C13H17N3O/c1-9(2)7-14-13(17)10-4-5-11-12(6-10)16(3)8-15-11/h4-6,8-9H,7H2,1-3H3,(H,14,17). The van der Waals surface area contributed by atoms with Crippen molar-refractivity contribution in [1.29, 1.82) is 0 Å². The van der Waals surface area contributed by atoms with Gasteiger partial charge in [0, 0.05) is 19.2 Å². The summed E-state index contributed by atoms with van der Waals surface area (Å²) in [4.78, 5) is 16.1. The van der Waals surface area contributed by atoms with Crippen LogP contribution in [-0.2, 0) is 7.05 Å². The zero-order valence-corrected chi connectivity index (χ0v) is 10.4. The van der Waals surface area contributed by atoms with Crippen molar-refractivity contribution in [3.8, 4) is 0 Å². The molecule has 0 spiro atoms. The number of fused-ring (bicyclic) bond motifs is 1. The predicted octanol–water partition coefficient (Wildman–Crippen LogP) is 1.96. The van der Waals surface area contributed by atoms with E-state index in [0.29, 0.717) is 18.0 Å². The van der Waals surface area contributed by atoms with Gasteiger partial charge >= 0.3 is 0 Å². The molecule has 4 heteroatoms. The number of rotatable bonds is 3. The number of hydrogen-bond acceptors (Lipinski definition) is 2. The summed E-state index contributed by atoms with van der Waals surface area (Å²) in [5, 5.41) is 2.91. The Labute approximate surface area is 101 Å². The van der Waals surface area contributed by atoms with E-state index in [4.69, 9.17) is 0 Å². The number of hydrogen-bond donors (Lipinski definition) is 1. The Morgan fingerprint density at radius 3 is 2.94 bits per heavy atom. The molecule has 0 aliphatic heterocycles. The van der Waals surface area contributed by atoms with Gasteiger partial charge in [0.05, 0.1) is 17.4 Å². The van der Waals surface area contributed by atoms with Crippen molar-refractivity contribution < 1.29 is 4.79 Å². The molecular formula is C13H17N3O. The zero-order valence-electron chi connectivity index (χ0n) is 10.4. The van der Waals surface area contributed by atoms with Crippen molar-refractivity contribution in [3.63, 3.8) is 0 Å². The van der Waals surface area contributed by atoms with Crippen LogP contribution in [0.2, 0.25) is 0 Å². The number of carbonyl (C=O) groups excluding carboxylic acids is 1. The number of amides is 1. The van der Waals surface area contributed by atoms with E-state index in [1.54, 1.807) is 6.33 Å². The van der Waals surface area contributed by atoms with E-state index in [2.05, 4.69) is 24.1 Å². The summed E-state index contributed by atoms with van der Waals surface area (Å²) < 4.78 is 1.91. The van der Waals surface area contributed by atoms with Crippen LogP contribution >= 0.6 is 0 Å². The minimum absolute atomic E-state index is 0.0261. The molecule has 4 nitrogen and oxygen atoms in total. The Kier molecular flexibility index (Phi) is 3.13. The number of nitrogens with one attached hydrogen (secondary N) is 1. The van der Waals surface area contributed by atoms with Gasteiger partial charge in [0.2, 0.25) is 0 Å². The second-order valence-electron chi connectivity index (χ2n) is 4.66. The van der Waals surface area contributed by atoms with Crippen LogP contribution in [-0.4, -0.2) is 22.0 Å². The van der Waals surface area contributed by atoms with Gasteiger partial charge in [-0.05, 0) is 24.1 Å². The Balaban J connectivity index is 2.23. The molecule has 0 saturated carbocycles. The number of imidazole rings is 1. The molecule has 0 fully saturated rings. The van der Waals surface area contributed by atoms with Crippen LogP contribution in [0.4, 0.5) is 0 Å². The van der Waals surface area contributed by atoms with Crippen molar-refractivity contribution in [3.05, 3.63) is 30.1 Å². The predicted molar refractivity (Wildman–Crippen MR) is 67.9 cm³/mol. The van der Waals surface area contributed by atoms with Gasteiger partial charge in [0.25, 0.3) is 5.91 Å². The maximum absolute atomic E-state index is 11.9. The van der Waals surface area contributed by atoms with Gasteiger partial charge < -0.3 is 9.88 Å². The minimum atomic E-state index is -0.0261. The van der Waals surface area contributed by atoms with Crippen LogP contribution in [0.25, 0.3) is 11.0 Å². The van der Waals surface area contributed by atoms with Crippen LogP contribution in [0, 0.1) is 5.92 Å².